The van der Waals surface area contributed by atoms with Crippen molar-refractivity contribution in [2.24, 2.45) is 0 Å². The molecule has 0 saturated carbocycles. The maximum absolute atomic E-state index is 13.8. The molecule has 9 nitrogen and oxygen atoms in total. The number of carbonyl (C=O) groups is 2. The predicted octanol–water partition coefficient (Wildman–Crippen LogP) is 4.15. The number of rotatable bonds is 3. The smallest absolute Gasteiger partial charge is 0.319 e. The highest BCUT2D eigenvalue weighted by Crippen LogP contribution is 2.44. The summed E-state index contributed by atoms with van der Waals surface area (Å²) in [5.41, 5.74) is 1.14. The first-order valence-corrected chi connectivity index (χ1v) is 12.8. The fraction of sp³-hybridized carbons (Fsp3) is 0.619. The number of urea groups is 1. The van der Waals surface area contributed by atoms with E-state index in [0.29, 0.717) is 18.4 Å². The Kier molecular flexibility index (Phi) is 5.83. The summed E-state index contributed by atoms with van der Waals surface area (Å²) in [6.45, 7) is 9.42. The van der Waals surface area contributed by atoms with Gasteiger partial charge in [-0.25, -0.2) is 9.78 Å². The van der Waals surface area contributed by atoms with Crippen LogP contribution in [0.5, 0.6) is 0 Å². The second-order valence-corrected chi connectivity index (χ2v) is 11.2. The van der Waals surface area contributed by atoms with E-state index in [1.54, 1.807) is 0 Å². The van der Waals surface area contributed by atoms with Gasteiger partial charge in [-0.1, -0.05) is 41.5 Å². The van der Waals surface area contributed by atoms with Crippen molar-refractivity contribution in [2.45, 2.75) is 64.2 Å². The monoisotopic (exact) mass is 511 g/mol. The van der Waals surface area contributed by atoms with Crippen LogP contribution in [0.3, 0.4) is 0 Å². The molecular formula is C21H27Cl2N7O2S. The summed E-state index contributed by atoms with van der Waals surface area (Å²) in [4.78, 5) is 37.0. The van der Waals surface area contributed by atoms with Crippen molar-refractivity contribution in [1.82, 2.24) is 29.9 Å². The van der Waals surface area contributed by atoms with E-state index in [1.165, 1.54) is 6.42 Å². The lowest BCUT2D eigenvalue weighted by atomic mass is 9.94. The van der Waals surface area contributed by atoms with Gasteiger partial charge in [-0.2, -0.15) is 5.10 Å². The number of H-pyrrole nitrogens is 1. The minimum Gasteiger partial charge on any atom is -0.319 e. The number of nitrogens with one attached hydrogen (secondary N) is 2. The first-order valence-electron chi connectivity index (χ1n) is 11.3. The molecule has 2 saturated heterocycles. The minimum atomic E-state index is -0.539. The number of carbonyl (C=O) groups excluding carboxylic acids is 2. The van der Waals surface area contributed by atoms with Crippen LogP contribution < -0.4 is 5.32 Å². The summed E-state index contributed by atoms with van der Waals surface area (Å²) >= 11 is 12.9. The van der Waals surface area contributed by atoms with E-state index in [-0.39, 0.29) is 26.6 Å². The van der Waals surface area contributed by atoms with Crippen LogP contribution in [0.2, 0.25) is 9.49 Å². The van der Waals surface area contributed by atoms with Crippen molar-refractivity contribution in [2.75, 3.05) is 25.0 Å². The zero-order chi connectivity index (χ0) is 23.5. The van der Waals surface area contributed by atoms with Crippen LogP contribution in [0.15, 0.2) is 0 Å². The first kappa shape index (κ1) is 22.9. The standard InChI is InChI=1S/C21H27Cl2N7O2S/c1-4-21(3)14-13(17(27-26-14)25-18(31)19-24-15(22)16(23)33-19)10-30(21)20(32)29-9-12-6-5-7-28(12)8-11(29)2/h11-12H,4-10H2,1-3H3,(H2,25,26,27,31)/t11-,12?,21+/m0/s1. The Labute approximate surface area is 206 Å². The largest absolute Gasteiger partial charge is 0.321 e. The summed E-state index contributed by atoms with van der Waals surface area (Å²) in [6, 6.07) is 0.647. The minimum absolute atomic E-state index is 0.0405. The Morgan fingerprint density at radius 3 is 2.82 bits per heavy atom. The molecule has 33 heavy (non-hydrogen) atoms. The molecule has 3 aliphatic heterocycles. The summed E-state index contributed by atoms with van der Waals surface area (Å²) in [5.74, 6) is -0.0295. The van der Waals surface area contributed by atoms with Crippen LogP contribution in [0.25, 0.3) is 0 Å². The van der Waals surface area contributed by atoms with Gasteiger partial charge in [-0.3, -0.25) is 14.8 Å². The summed E-state index contributed by atoms with van der Waals surface area (Å²) in [6.07, 6.45) is 3.06. The second kappa shape index (κ2) is 8.41. The van der Waals surface area contributed by atoms with Crippen LogP contribution >= 0.6 is 34.5 Å². The quantitative estimate of drug-likeness (QED) is 0.644. The highest BCUT2D eigenvalue weighted by atomic mass is 35.5. The van der Waals surface area contributed by atoms with E-state index in [1.807, 2.05) is 9.80 Å². The molecule has 0 aromatic carbocycles. The molecule has 0 aliphatic carbocycles. The van der Waals surface area contributed by atoms with Crippen molar-refractivity contribution in [3.05, 3.63) is 25.8 Å². The van der Waals surface area contributed by atoms with Gasteiger partial charge in [0.1, 0.15) is 4.34 Å². The maximum Gasteiger partial charge on any atom is 0.321 e. The molecule has 2 aromatic heterocycles. The SMILES string of the molecule is CC[C@]1(C)c2[nH]nc(NC(=O)c3nc(Cl)c(Cl)s3)c2CN1C(=O)N1CC2CCCN2C[C@@H]1C. The van der Waals surface area contributed by atoms with Crippen molar-refractivity contribution < 1.29 is 9.59 Å². The highest BCUT2D eigenvalue weighted by molar-refractivity contribution is 7.18. The number of hydrogen-bond acceptors (Lipinski definition) is 6. The van der Waals surface area contributed by atoms with Gasteiger partial charge in [0, 0.05) is 30.7 Å². The number of fused-ring (bicyclic) bond motifs is 2. The molecule has 3 atom stereocenters. The molecule has 0 bridgehead atoms. The molecule has 3 aliphatic rings. The zero-order valence-electron chi connectivity index (χ0n) is 18.8. The van der Waals surface area contributed by atoms with Gasteiger partial charge in [0.2, 0.25) is 0 Å². The van der Waals surface area contributed by atoms with Crippen LogP contribution in [-0.2, 0) is 12.1 Å². The van der Waals surface area contributed by atoms with Crippen LogP contribution in [0.1, 0.15) is 61.1 Å². The molecule has 2 aromatic rings. The molecule has 1 unspecified atom stereocenters. The van der Waals surface area contributed by atoms with Gasteiger partial charge in [0.05, 0.1) is 17.8 Å². The average molecular weight is 512 g/mol. The Hall–Kier alpha value is -1.88. The number of piperazine rings is 1. The Balaban J connectivity index is 1.38. The van der Waals surface area contributed by atoms with Crippen LogP contribution in [-0.4, -0.2) is 73.5 Å². The van der Waals surface area contributed by atoms with Gasteiger partial charge in [-0.05, 0) is 39.7 Å². The molecule has 5 rings (SSSR count). The molecule has 0 radical (unpaired) electrons. The molecule has 2 N–H and O–H groups in total. The van der Waals surface area contributed by atoms with E-state index >= 15 is 0 Å². The molecule has 2 fully saturated rings. The fourth-order valence-electron chi connectivity index (χ4n) is 5.33. The van der Waals surface area contributed by atoms with Crippen LogP contribution in [0, 0.1) is 0 Å². The van der Waals surface area contributed by atoms with Crippen LogP contribution in [0.4, 0.5) is 10.6 Å². The van der Waals surface area contributed by atoms with E-state index in [0.717, 1.165) is 55.1 Å². The highest BCUT2D eigenvalue weighted by Gasteiger charge is 2.49. The topological polar surface area (TPSA) is 97.5 Å². The number of halogens is 2. The van der Waals surface area contributed by atoms with Gasteiger partial charge < -0.3 is 15.1 Å². The number of aromatic nitrogens is 3. The third-order valence-electron chi connectivity index (χ3n) is 7.39. The lowest BCUT2D eigenvalue weighted by molar-refractivity contribution is 0.0409. The van der Waals surface area contributed by atoms with Gasteiger partial charge in [0.25, 0.3) is 5.91 Å². The average Bonchev–Trinajstić information content (AvgIpc) is 3.54. The van der Waals surface area contributed by atoms with Crippen molar-refractivity contribution >= 4 is 52.3 Å². The number of nitrogens with zero attached hydrogens (tertiary/aromatic N) is 5. The van der Waals surface area contributed by atoms with Gasteiger partial charge in [0.15, 0.2) is 16.0 Å². The van der Waals surface area contributed by atoms with Crippen molar-refractivity contribution in [3.63, 3.8) is 0 Å². The number of thiazole rings is 1. The maximum atomic E-state index is 13.8. The first-order chi connectivity index (χ1) is 15.7. The third-order valence-corrected chi connectivity index (χ3v) is 9.13. The molecule has 0 spiro atoms. The van der Waals surface area contributed by atoms with E-state index in [4.69, 9.17) is 23.2 Å². The molecular weight excluding hydrogens is 485 g/mol. The summed E-state index contributed by atoms with van der Waals surface area (Å²) < 4.78 is 0.265. The third kappa shape index (κ3) is 3.71. The van der Waals surface area contributed by atoms with E-state index < -0.39 is 11.4 Å². The number of amides is 3. The summed E-state index contributed by atoms with van der Waals surface area (Å²) in [5, 5.41) is 10.5. The van der Waals surface area contributed by atoms with Crippen molar-refractivity contribution in [3.8, 4) is 0 Å². The summed E-state index contributed by atoms with van der Waals surface area (Å²) in [7, 11) is 0. The molecule has 5 heterocycles. The Bertz CT molecular complexity index is 1090. The fourth-order valence-corrected chi connectivity index (χ4v) is 6.42. The predicted molar refractivity (Wildman–Crippen MR) is 128 cm³/mol. The lowest BCUT2D eigenvalue weighted by Gasteiger charge is -2.46. The number of hydrogen-bond donors (Lipinski definition) is 2. The molecule has 178 valence electrons. The normalized spacial score (nSPS) is 27.1. The van der Waals surface area contributed by atoms with Crippen molar-refractivity contribution in [1.29, 1.82) is 0 Å². The Morgan fingerprint density at radius 1 is 1.33 bits per heavy atom. The Morgan fingerprint density at radius 2 is 2.12 bits per heavy atom. The second-order valence-electron chi connectivity index (χ2n) is 9.25. The van der Waals surface area contributed by atoms with E-state index in [9.17, 15) is 9.59 Å². The van der Waals surface area contributed by atoms with E-state index in [2.05, 4.69) is 46.2 Å². The van der Waals surface area contributed by atoms with Gasteiger partial charge >= 0.3 is 6.03 Å². The molecule has 3 amide bonds. The van der Waals surface area contributed by atoms with Gasteiger partial charge in [-0.15, -0.1) is 0 Å². The number of aromatic amines is 1. The molecule has 12 heteroatoms. The lowest BCUT2D eigenvalue weighted by Crippen LogP contribution is -2.60. The number of anilines is 1. The zero-order valence-corrected chi connectivity index (χ0v) is 21.1.